The fraction of sp³-hybridized carbons (Fsp3) is 0.400. The Morgan fingerprint density at radius 2 is 2.42 bits per heavy atom. The largest absolute Gasteiger partial charge is 0.381 e. The van der Waals surface area contributed by atoms with Gasteiger partial charge in [-0.1, -0.05) is 17.9 Å². The van der Waals surface area contributed by atoms with Crippen molar-refractivity contribution in [2.75, 3.05) is 25.1 Å². The summed E-state index contributed by atoms with van der Waals surface area (Å²) in [6, 6.07) is 5.71. The minimum Gasteiger partial charge on any atom is -0.381 e. The molecule has 1 aromatic rings. The monoisotopic (exact) mass is 258 g/mol. The summed E-state index contributed by atoms with van der Waals surface area (Å²) >= 11 is 0. The molecule has 0 aliphatic carbocycles. The number of nitrogens with one attached hydrogen (secondary N) is 1. The Morgan fingerprint density at radius 1 is 1.58 bits per heavy atom. The molecule has 4 nitrogen and oxygen atoms in total. The number of rotatable bonds is 2. The highest BCUT2D eigenvalue weighted by Crippen LogP contribution is 2.18. The summed E-state index contributed by atoms with van der Waals surface area (Å²) in [6.07, 6.45) is 0.789. The van der Waals surface area contributed by atoms with Crippen molar-refractivity contribution in [3.05, 3.63) is 29.3 Å². The van der Waals surface area contributed by atoms with E-state index in [1.54, 1.807) is 0 Å². The molecule has 2 rings (SSSR count). The summed E-state index contributed by atoms with van der Waals surface area (Å²) in [5.74, 6) is 5.80. The highest BCUT2D eigenvalue weighted by atomic mass is 16.5. The number of ether oxygens (including phenoxy) is 1. The van der Waals surface area contributed by atoms with Crippen LogP contribution < -0.4 is 11.1 Å². The minimum absolute atomic E-state index is 0.0130. The van der Waals surface area contributed by atoms with Gasteiger partial charge in [0.1, 0.15) is 0 Å². The highest BCUT2D eigenvalue weighted by molar-refractivity contribution is 5.93. The van der Waals surface area contributed by atoms with Crippen molar-refractivity contribution in [2.24, 2.45) is 11.7 Å². The Balaban J connectivity index is 2.10. The van der Waals surface area contributed by atoms with Gasteiger partial charge in [-0.15, -0.1) is 0 Å². The van der Waals surface area contributed by atoms with Crippen molar-refractivity contribution in [2.45, 2.75) is 13.3 Å². The van der Waals surface area contributed by atoms with Gasteiger partial charge in [0.2, 0.25) is 5.91 Å². The maximum Gasteiger partial charge on any atom is 0.229 e. The van der Waals surface area contributed by atoms with Crippen LogP contribution in [0.5, 0.6) is 0 Å². The Kier molecular flexibility index (Phi) is 4.56. The van der Waals surface area contributed by atoms with E-state index in [4.69, 9.17) is 10.5 Å². The summed E-state index contributed by atoms with van der Waals surface area (Å²) in [6.45, 7) is 3.49. The van der Waals surface area contributed by atoms with E-state index in [2.05, 4.69) is 17.2 Å². The van der Waals surface area contributed by atoms with Crippen LogP contribution in [0.15, 0.2) is 18.2 Å². The smallest absolute Gasteiger partial charge is 0.229 e. The normalized spacial score (nSPS) is 17.7. The molecule has 1 unspecified atom stereocenters. The van der Waals surface area contributed by atoms with E-state index in [0.29, 0.717) is 19.8 Å². The molecule has 1 aliphatic rings. The lowest BCUT2D eigenvalue weighted by molar-refractivity contribution is -0.119. The number of carbonyl (C=O) groups excluding carboxylic acids is 1. The SMILES string of the molecule is Cc1ccc(NC(=O)C2CCOC2)cc1C#CCN. The molecule has 0 saturated carbocycles. The maximum absolute atomic E-state index is 12.0. The number of carbonyl (C=O) groups is 1. The van der Waals surface area contributed by atoms with Gasteiger partial charge in [0.25, 0.3) is 0 Å². The van der Waals surface area contributed by atoms with Gasteiger partial charge < -0.3 is 15.8 Å². The lowest BCUT2D eigenvalue weighted by Gasteiger charge is -2.10. The van der Waals surface area contributed by atoms with Crippen LogP contribution in [-0.2, 0) is 9.53 Å². The first-order chi connectivity index (χ1) is 9.20. The third-order valence-electron chi connectivity index (χ3n) is 3.13. The van der Waals surface area contributed by atoms with Gasteiger partial charge >= 0.3 is 0 Å². The Hall–Kier alpha value is -1.83. The summed E-state index contributed by atoms with van der Waals surface area (Å²) in [4.78, 5) is 12.0. The van der Waals surface area contributed by atoms with Gasteiger partial charge in [-0.25, -0.2) is 0 Å². The van der Waals surface area contributed by atoms with E-state index in [-0.39, 0.29) is 11.8 Å². The highest BCUT2D eigenvalue weighted by Gasteiger charge is 2.23. The lowest BCUT2D eigenvalue weighted by atomic mass is 10.1. The predicted octanol–water partition coefficient (Wildman–Crippen LogP) is 1.28. The van der Waals surface area contributed by atoms with Crippen molar-refractivity contribution in [3.63, 3.8) is 0 Å². The Labute approximate surface area is 113 Å². The van der Waals surface area contributed by atoms with Crippen molar-refractivity contribution in [1.29, 1.82) is 0 Å². The summed E-state index contributed by atoms with van der Waals surface area (Å²) < 4.78 is 5.21. The molecular formula is C15H18N2O2. The van der Waals surface area contributed by atoms with E-state index in [1.807, 2.05) is 25.1 Å². The van der Waals surface area contributed by atoms with E-state index in [0.717, 1.165) is 23.2 Å². The number of aryl methyl sites for hydroxylation is 1. The molecular weight excluding hydrogens is 240 g/mol. The van der Waals surface area contributed by atoms with Gasteiger partial charge in [-0.2, -0.15) is 0 Å². The molecule has 3 N–H and O–H groups in total. The number of hydrogen-bond donors (Lipinski definition) is 2. The average molecular weight is 258 g/mol. The molecule has 0 radical (unpaired) electrons. The van der Waals surface area contributed by atoms with Gasteiger partial charge in [-0.05, 0) is 31.0 Å². The molecule has 0 aromatic heterocycles. The number of anilines is 1. The fourth-order valence-electron chi connectivity index (χ4n) is 1.97. The molecule has 1 heterocycles. The van der Waals surface area contributed by atoms with Crippen LogP contribution in [0.2, 0.25) is 0 Å². The van der Waals surface area contributed by atoms with Crippen LogP contribution >= 0.6 is 0 Å². The Morgan fingerprint density at radius 3 is 3.11 bits per heavy atom. The van der Waals surface area contributed by atoms with Gasteiger partial charge in [-0.3, -0.25) is 4.79 Å². The number of benzene rings is 1. The van der Waals surface area contributed by atoms with Crippen LogP contribution in [0.4, 0.5) is 5.69 Å². The van der Waals surface area contributed by atoms with Crippen LogP contribution in [-0.4, -0.2) is 25.7 Å². The molecule has 0 spiro atoms. The first kappa shape index (κ1) is 13.6. The lowest BCUT2D eigenvalue weighted by Crippen LogP contribution is -2.22. The van der Waals surface area contributed by atoms with Crippen molar-refractivity contribution < 1.29 is 9.53 Å². The molecule has 19 heavy (non-hydrogen) atoms. The molecule has 1 fully saturated rings. The summed E-state index contributed by atoms with van der Waals surface area (Å²) in [5, 5.41) is 2.91. The third-order valence-corrected chi connectivity index (χ3v) is 3.13. The zero-order chi connectivity index (χ0) is 13.7. The van der Waals surface area contributed by atoms with Crippen LogP contribution in [0.25, 0.3) is 0 Å². The van der Waals surface area contributed by atoms with Gasteiger partial charge in [0.05, 0.1) is 19.1 Å². The molecule has 0 bridgehead atoms. The fourth-order valence-corrected chi connectivity index (χ4v) is 1.97. The zero-order valence-electron chi connectivity index (χ0n) is 11.0. The molecule has 4 heteroatoms. The molecule has 1 amide bonds. The second kappa shape index (κ2) is 6.37. The van der Waals surface area contributed by atoms with Crippen LogP contribution in [0.1, 0.15) is 17.5 Å². The van der Waals surface area contributed by atoms with Crippen molar-refractivity contribution in [3.8, 4) is 11.8 Å². The van der Waals surface area contributed by atoms with E-state index < -0.39 is 0 Å². The molecule has 1 saturated heterocycles. The maximum atomic E-state index is 12.0. The van der Waals surface area contributed by atoms with E-state index in [1.165, 1.54) is 0 Å². The van der Waals surface area contributed by atoms with Crippen molar-refractivity contribution in [1.82, 2.24) is 0 Å². The van der Waals surface area contributed by atoms with Gasteiger partial charge in [0.15, 0.2) is 0 Å². The Bertz CT molecular complexity index is 523. The predicted molar refractivity (Wildman–Crippen MR) is 74.7 cm³/mol. The number of hydrogen-bond acceptors (Lipinski definition) is 3. The minimum atomic E-state index is -0.0418. The van der Waals surface area contributed by atoms with Crippen LogP contribution in [0, 0.1) is 24.7 Å². The van der Waals surface area contributed by atoms with Crippen molar-refractivity contribution >= 4 is 11.6 Å². The molecule has 100 valence electrons. The van der Waals surface area contributed by atoms with Gasteiger partial charge in [0, 0.05) is 17.9 Å². The average Bonchev–Trinajstić information content (AvgIpc) is 2.93. The molecule has 1 atom stereocenters. The van der Waals surface area contributed by atoms with E-state index in [9.17, 15) is 4.79 Å². The second-order valence-corrected chi connectivity index (χ2v) is 4.59. The number of nitrogens with two attached hydrogens (primary N) is 1. The quantitative estimate of drug-likeness (QED) is 0.785. The second-order valence-electron chi connectivity index (χ2n) is 4.59. The zero-order valence-corrected chi connectivity index (χ0v) is 11.0. The first-order valence-corrected chi connectivity index (χ1v) is 6.39. The third kappa shape index (κ3) is 3.57. The summed E-state index contributed by atoms with van der Waals surface area (Å²) in [5.41, 5.74) is 8.10. The first-order valence-electron chi connectivity index (χ1n) is 6.39. The summed E-state index contributed by atoms with van der Waals surface area (Å²) in [7, 11) is 0. The molecule has 1 aromatic carbocycles. The topological polar surface area (TPSA) is 64.3 Å². The van der Waals surface area contributed by atoms with Crippen LogP contribution in [0.3, 0.4) is 0 Å². The standard InChI is InChI=1S/C15H18N2O2/c1-11-4-5-14(9-12(11)3-2-7-16)17-15(18)13-6-8-19-10-13/h4-5,9,13H,6-8,10,16H2,1H3,(H,17,18). The number of amides is 1. The molecule has 1 aliphatic heterocycles. The van der Waals surface area contributed by atoms with E-state index >= 15 is 0 Å².